The average Bonchev–Trinajstić information content (AvgIpc) is 3.30. The zero-order chi connectivity index (χ0) is 19.7. The first kappa shape index (κ1) is 17.3. The van der Waals surface area contributed by atoms with Gasteiger partial charge in [0.15, 0.2) is 5.70 Å². The smallest absolute Gasteiger partial charge is 0.363 e. The van der Waals surface area contributed by atoms with Crippen LogP contribution in [0.15, 0.2) is 75.8 Å². The Morgan fingerprint density at radius 1 is 1.04 bits per heavy atom. The summed E-state index contributed by atoms with van der Waals surface area (Å²) in [7, 11) is 0. The SMILES string of the molecule is O=C1OC(c2ccc(F)cc2)=NC1=Cc1ccc(-c2cccc([N+](=O)[O-])c2)o1. The fraction of sp³-hybridized carbons (Fsp3) is 0. The van der Waals surface area contributed by atoms with Crippen molar-refractivity contribution < 1.29 is 23.3 Å². The summed E-state index contributed by atoms with van der Waals surface area (Å²) >= 11 is 0. The van der Waals surface area contributed by atoms with Gasteiger partial charge in [0.05, 0.1) is 4.92 Å². The van der Waals surface area contributed by atoms with Crippen LogP contribution in [0, 0.1) is 15.9 Å². The van der Waals surface area contributed by atoms with Crippen LogP contribution in [0.3, 0.4) is 0 Å². The number of rotatable bonds is 4. The average molecular weight is 378 g/mol. The van der Waals surface area contributed by atoms with Crippen molar-refractivity contribution in [2.45, 2.75) is 0 Å². The summed E-state index contributed by atoms with van der Waals surface area (Å²) in [6.07, 6.45) is 1.40. The predicted molar refractivity (Wildman–Crippen MR) is 97.8 cm³/mol. The Morgan fingerprint density at radius 3 is 2.57 bits per heavy atom. The maximum absolute atomic E-state index is 13.0. The summed E-state index contributed by atoms with van der Waals surface area (Å²) in [5.41, 5.74) is 0.971. The number of ether oxygens (including phenoxy) is 1. The van der Waals surface area contributed by atoms with Gasteiger partial charge in [-0.05, 0) is 36.4 Å². The first-order valence-corrected chi connectivity index (χ1v) is 8.13. The Morgan fingerprint density at radius 2 is 1.82 bits per heavy atom. The number of carbonyl (C=O) groups is 1. The second-order valence-electron chi connectivity index (χ2n) is 5.85. The first-order chi connectivity index (χ1) is 13.5. The van der Waals surface area contributed by atoms with Crippen molar-refractivity contribution >= 4 is 23.6 Å². The molecule has 3 aromatic rings. The molecule has 138 valence electrons. The minimum atomic E-state index is -0.660. The van der Waals surface area contributed by atoms with E-state index in [1.807, 2.05) is 0 Å². The number of cyclic esters (lactones) is 1. The van der Waals surface area contributed by atoms with Gasteiger partial charge in [0.1, 0.15) is 17.3 Å². The topological polar surface area (TPSA) is 94.9 Å². The third-order valence-corrected chi connectivity index (χ3v) is 3.96. The standard InChI is InChI=1S/C20H11FN2O5/c21-14-6-4-12(5-7-14)19-22-17(20(24)28-19)11-16-8-9-18(27-16)13-2-1-3-15(10-13)23(25)26/h1-11H. The number of furan rings is 1. The molecule has 0 saturated heterocycles. The van der Waals surface area contributed by atoms with Gasteiger partial charge in [0.25, 0.3) is 5.69 Å². The number of nitrogens with zero attached hydrogens (tertiary/aromatic N) is 2. The van der Waals surface area contributed by atoms with Crippen LogP contribution < -0.4 is 0 Å². The van der Waals surface area contributed by atoms with Crippen LogP contribution >= 0.6 is 0 Å². The highest BCUT2D eigenvalue weighted by Crippen LogP contribution is 2.27. The van der Waals surface area contributed by atoms with Crippen LogP contribution in [0.1, 0.15) is 11.3 Å². The summed E-state index contributed by atoms with van der Waals surface area (Å²) < 4.78 is 23.8. The van der Waals surface area contributed by atoms with Crippen molar-refractivity contribution in [3.63, 3.8) is 0 Å². The highest BCUT2D eigenvalue weighted by Gasteiger charge is 2.24. The molecule has 28 heavy (non-hydrogen) atoms. The van der Waals surface area contributed by atoms with Crippen LogP contribution in [0.4, 0.5) is 10.1 Å². The molecule has 0 unspecified atom stereocenters. The molecular formula is C20H11FN2O5. The van der Waals surface area contributed by atoms with Crippen LogP contribution in [0.5, 0.6) is 0 Å². The molecule has 2 aromatic carbocycles. The minimum Gasteiger partial charge on any atom is -0.457 e. The van der Waals surface area contributed by atoms with E-state index >= 15 is 0 Å². The molecule has 0 bridgehead atoms. The minimum absolute atomic E-state index is 0.0271. The number of benzene rings is 2. The molecule has 0 atom stereocenters. The monoisotopic (exact) mass is 378 g/mol. The Bertz CT molecular complexity index is 1150. The van der Waals surface area contributed by atoms with Gasteiger partial charge in [0.2, 0.25) is 5.90 Å². The van der Waals surface area contributed by atoms with Crippen molar-refractivity contribution in [3.8, 4) is 11.3 Å². The van der Waals surface area contributed by atoms with Crippen molar-refractivity contribution in [2.24, 2.45) is 4.99 Å². The third kappa shape index (κ3) is 3.43. The van der Waals surface area contributed by atoms with Crippen molar-refractivity contribution in [1.82, 2.24) is 0 Å². The summed E-state index contributed by atoms with van der Waals surface area (Å²) in [5, 5.41) is 10.9. The van der Waals surface area contributed by atoms with Gasteiger partial charge < -0.3 is 9.15 Å². The van der Waals surface area contributed by atoms with Gasteiger partial charge in [-0.2, -0.15) is 0 Å². The molecule has 0 spiro atoms. The molecule has 0 amide bonds. The van der Waals surface area contributed by atoms with E-state index in [1.165, 1.54) is 42.5 Å². The molecule has 8 heteroatoms. The fourth-order valence-electron chi connectivity index (χ4n) is 2.62. The summed E-state index contributed by atoms with van der Waals surface area (Å²) in [4.78, 5) is 26.6. The number of hydrogen-bond acceptors (Lipinski definition) is 6. The van der Waals surface area contributed by atoms with Gasteiger partial charge in [-0.3, -0.25) is 10.1 Å². The molecule has 0 fully saturated rings. The Hall–Kier alpha value is -4.07. The highest BCUT2D eigenvalue weighted by molar-refractivity contribution is 6.12. The van der Waals surface area contributed by atoms with Crippen molar-refractivity contribution in [3.05, 3.63) is 93.6 Å². The van der Waals surface area contributed by atoms with Crippen LogP contribution in [-0.4, -0.2) is 16.8 Å². The van der Waals surface area contributed by atoms with Crippen molar-refractivity contribution in [1.29, 1.82) is 0 Å². The second-order valence-corrected chi connectivity index (χ2v) is 5.85. The highest BCUT2D eigenvalue weighted by atomic mass is 19.1. The van der Waals surface area contributed by atoms with Gasteiger partial charge >= 0.3 is 5.97 Å². The first-order valence-electron chi connectivity index (χ1n) is 8.13. The summed E-state index contributed by atoms with van der Waals surface area (Å²) in [6.45, 7) is 0. The van der Waals surface area contributed by atoms with Crippen molar-refractivity contribution in [2.75, 3.05) is 0 Å². The van der Waals surface area contributed by atoms with Crippen LogP contribution in [-0.2, 0) is 9.53 Å². The lowest BCUT2D eigenvalue weighted by Gasteiger charge is -1.98. The second kappa shape index (κ2) is 6.92. The van der Waals surface area contributed by atoms with Gasteiger partial charge in [0, 0.05) is 29.3 Å². The van der Waals surface area contributed by atoms with E-state index in [9.17, 15) is 19.3 Å². The van der Waals surface area contributed by atoms with Gasteiger partial charge in [-0.15, -0.1) is 0 Å². The third-order valence-electron chi connectivity index (χ3n) is 3.96. The summed E-state index contributed by atoms with van der Waals surface area (Å²) in [5.74, 6) is -0.259. The molecule has 0 N–H and O–H groups in total. The number of carbonyl (C=O) groups excluding carboxylic acids is 1. The molecule has 7 nitrogen and oxygen atoms in total. The number of nitro groups is 1. The zero-order valence-corrected chi connectivity index (χ0v) is 14.2. The Kier molecular flexibility index (Phi) is 4.29. The predicted octanol–water partition coefficient (Wildman–Crippen LogP) is 4.34. The van der Waals surface area contributed by atoms with E-state index in [2.05, 4.69) is 4.99 Å². The lowest BCUT2D eigenvalue weighted by atomic mass is 10.1. The molecule has 0 radical (unpaired) electrons. The fourth-order valence-corrected chi connectivity index (χ4v) is 2.62. The van der Waals surface area contributed by atoms with E-state index in [0.717, 1.165) is 0 Å². The maximum Gasteiger partial charge on any atom is 0.363 e. The molecule has 1 aromatic heterocycles. The number of halogens is 1. The normalized spacial score (nSPS) is 14.8. The van der Waals surface area contributed by atoms with Crippen LogP contribution in [0.2, 0.25) is 0 Å². The molecule has 0 saturated carbocycles. The molecule has 1 aliphatic heterocycles. The number of hydrogen-bond donors (Lipinski definition) is 0. The number of non-ortho nitro benzene ring substituents is 1. The molecule has 2 heterocycles. The molecule has 4 rings (SSSR count). The van der Waals surface area contributed by atoms with E-state index in [1.54, 1.807) is 24.3 Å². The Balaban J connectivity index is 1.61. The number of esters is 1. The van der Waals surface area contributed by atoms with Gasteiger partial charge in [-0.1, -0.05) is 12.1 Å². The van der Waals surface area contributed by atoms with E-state index < -0.39 is 16.7 Å². The molecule has 1 aliphatic rings. The summed E-state index contributed by atoms with van der Waals surface area (Å²) in [6, 6.07) is 14.7. The van der Waals surface area contributed by atoms with Crippen LogP contribution in [0.25, 0.3) is 17.4 Å². The van der Waals surface area contributed by atoms with E-state index in [-0.39, 0.29) is 17.3 Å². The quantitative estimate of drug-likeness (QED) is 0.291. The lowest BCUT2D eigenvalue weighted by molar-refractivity contribution is -0.384. The molecule has 0 aliphatic carbocycles. The Labute approximate surface area is 157 Å². The lowest BCUT2D eigenvalue weighted by Crippen LogP contribution is -2.05. The van der Waals surface area contributed by atoms with E-state index in [4.69, 9.17) is 9.15 Å². The van der Waals surface area contributed by atoms with E-state index in [0.29, 0.717) is 22.6 Å². The number of nitro benzene ring substituents is 1. The maximum atomic E-state index is 13.0. The zero-order valence-electron chi connectivity index (χ0n) is 14.2. The molecular weight excluding hydrogens is 367 g/mol. The number of aliphatic imine (C=N–C) groups is 1. The largest absolute Gasteiger partial charge is 0.457 e. The van der Waals surface area contributed by atoms with Gasteiger partial charge in [-0.25, -0.2) is 14.2 Å².